The van der Waals surface area contributed by atoms with Crippen LogP contribution in [0.5, 0.6) is 0 Å². The number of halogens is 2. The summed E-state index contributed by atoms with van der Waals surface area (Å²) in [4.78, 5) is 61.5. The quantitative estimate of drug-likeness (QED) is 0.139. The van der Waals surface area contributed by atoms with Crippen molar-refractivity contribution >= 4 is 82.3 Å². The molecule has 0 unspecified atom stereocenters. The minimum Gasteiger partial charge on any atom is -0.412 e. The van der Waals surface area contributed by atoms with Gasteiger partial charge in [0.15, 0.2) is 45.0 Å². The number of carbonyl (C=O) groups is 4. The second kappa shape index (κ2) is 16.0. The van der Waals surface area contributed by atoms with Crippen LogP contribution in [0.1, 0.15) is 62.5 Å². The summed E-state index contributed by atoms with van der Waals surface area (Å²) >= 11 is 11.3. The van der Waals surface area contributed by atoms with Gasteiger partial charge in [-0.15, -0.1) is 0 Å². The van der Waals surface area contributed by atoms with E-state index < -0.39 is 46.9 Å². The van der Waals surface area contributed by atoms with Gasteiger partial charge in [0.25, 0.3) is 11.8 Å². The SMILES string of the molecule is CC(C)(C)NC(=O)NC(=N)NC(=O)c1nc(Cl)c(N)nc1N.CC(C)(C)NC(=O)NC(=N)NC(=O)c1nc(Cl)c(N)nc1N.O. The molecule has 0 fully saturated rings. The molecule has 0 saturated carbocycles. The van der Waals surface area contributed by atoms with Crippen molar-refractivity contribution in [2.24, 2.45) is 0 Å². The molecule has 0 spiro atoms. The van der Waals surface area contributed by atoms with Crippen LogP contribution < -0.4 is 54.8 Å². The number of nitrogens with zero attached hydrogens (tertiary/aromatic N) is 4. The van der Waals surface area contributed by atoms with Crippen LogP contribution in [-0.4, -0.2) is 72.3 Å². The first-order valence-corrected chi connectivity index (χ1v) is 12.9. The van der Waals surface area contributed by atoms with Crippen molar-refractivity contribution in [1.82, 2.24) is 51.8 Å². The molecule has 0 aliphatic carbocycles. The number of rotatable bonds is 2. The molecule has 18 N–H and O–H groups in total. The van der Waals surface area contributed by atoms with Crippen LogP contribution in [0.15, 0.2) is 0 Å². The van der Waals surface area contributed by atoms with E-state index in [1.54, 1.807) is 41.5 Å². The molecule has 0 bridgehead atoms. The highest BCUT2D eigenvalue weighted by Gasteiger charge is 2.21. The van der Waals surface area contributed by atoms with Crippen molar-refractivity contribution in [2.75, 3.05) is 22.9 Å². The van der Waals surface area contributed by atoms with Gasteiger partial charge in [-0.05, 0) is 41.5 Å². The van der Waals surface area contributed by atoms with Gasteiger partial charge in [-0.25, -0.2) is 29.5 Å². The van der Waals surface area contributed by atoms with Crippen molar-refractivity contribution in [3.8, 4) is 0 Å². The summed E-state index contributed by atoms with van der Waals surface area (Å²) in [5.74, 6) is -3.54. The van der Waals surface area contributed by atoms with Crippen LogP contribution in [0.2, 0.25) is 10.3 Å². The van der Waals surface area contributed by atoms with Gasteiger partial charge in [0.1, 0.15) is 0 Å². The number of nitrogen functional groups attached to an aromatic ring is 4. The molecule has 23 heteroatoms. The molecule has 2 aromatic heterocycles. The molecule has 0 radical (unpaired) electrons. The molecule has 0 saturated heterocycles. The van der Waals surface area contributed by atoms with Gasteiger partial charge in [0, 0.05) is 11.1 Å². The Kier molecular flexibility index (Phi) is 14.1. The van der Waals surface area contributed by atoms with E-state index in [0.29, 0.717) is 0 Å². The third-order valence-electron chi connectivity index (χ3n) is 4.17. The average molecular weight is 676 g/mol. The molecule has 248 valence electrons. The van der Waals surface area contributed by atoms with Gasteiger partial charge in [0.05, 0.1) is 0 Å². The standard InChI is InChI=1S/2C11H17ClN8O2.H2O/c2*1-11(2,3)20-10(22)19-9(15)18-8(21)4-6(13)17-7(14)5(12)16-4;/h2*1-3H3,(H4,13,14,17)(H4,15,18,19,20,21,22);1H2. The van der Waals surface area contributed by atoms with E-state index in [0.717, 1.165) is 0 Å². The van der Waals surface area contributed by atoms with Crippen LogP contribution in [-0.2, 0) is 0 Å². The number of hydrogen-bond donors (Lipinski definition) is 12. The van der Waals surface area contributed by atoms with Crippen molar-refractivity contribution in [3.63, 3.8) is 0 Å². The van der Waals surface area contributed by atoms with Crippen LogP contribution in [0.25, 0.3) is 0 Å². The zero-order valence-corrected chi connectivity index (χ0v) is 26.5. The summed E-state index contributed by atoms with van der Waals surface area (Å²) in [5.41, 5.74) is 20.2. The van der Waals surface area contributed by atoms with Gasteiger partial charge in [-0.2, -0.15) is 0 Å². The number of aromatic nitrogens is 4. The van der Waals surface area contributed by atoms with Gasteiger partial charge < -0.3 is 39.0 Å². The summed E-state index contributed by atoms with van der Waals surface area (Å²) in [6.45, 7) is 10.6. The molecule has 0 aliphatic rings. The third-order valence-corrected chi connectivity index (χ3v) is 4.73. The highest BCUT2D eigenvalue weighted by Crippen LogP contribution is 2.18. The minimum atomic E-state index is -0.854. The Morgan fingerprint density at radius 2 is 0.867 bits per heavy atom. The lowest BCUT2D eigenvalue weighted by molar-refractivity contribution is 0.0963. The summed E-state index contributed by atoms with van der Waals surface area (Å²) < 4.78 is 0. The first-order chi connectivity index (χ1) is 20.0. The number of anilines is 4. The van der Waals surface area contributed by atoms with Crippen molar-refractivity contribution in [3.05, 3.63) is 21.7 Å². The minimum absolute atomic E-state index is 0. The van der Waals surface area contributed by atoms with Crippen LogP contribution in [0.3, 0.4) is 0 Å². The molecule has 2 aromatic rings. The van der Waals surface area contributed by atoms with Crippen LogP contribution in [0, 0.1) is 10.8 Å². The van der Waals surface area contributed by atoms with E-state index in [-0.39, 0.29) is 50.4 Å². The molecular weight excluding hydrogens is 639 g/mol. The highest BCUT2D eigenvalue weighted by atomic mass is 35.5. The summed E-state index contributed by atoms with van der Waals surface area (Å²) in [5, 5.41) is 28.2. The zero-order valence-electron chi connectivity index (χ0n) is 25.0. The maximum Gasteiger partial charge on any atom is 0.321 e. The van der Waals surface area contributed by atoms with E-state index in [2.05, 4.69) is 51.8 Å². The molecule has 6 amide bonds. The van der Waals surface area contributed by atoms with Crippen molar-refractivity contribution in [2.45, 2.75) is 52.6 Å². The number of carbonyl (C=O) groups excluding carboxylic acids is 4. The highest BCUT2D eigenvalue weighted by molar-refractivity contribution is 6.32. The maximum absolute atomic E-state index is 11.9. The van der Waals surface area contributed by atoms with Crippen LogP contribution >= 0.6 is 23.2 Å². The normalized spacial score (nSPS) is 10.5. The number of nitrogens with two attached hydrogens (primary N) is 4. The fraction of sp³-hybridized carbons (Fsp3) is 0.364. The third kappa shape index (κ3) is 14.2. The monoisotopic (exact) mass is 674 g/mol. The van der Waals surface area contributed by atoms with E-state index in [1.807, 2.05) is 0 Å². The van der Waals surface area contributed by atoms with E-state index >= 15 is 0 Å². The van der Waals surface area contributed by atoms with E-state index in [9.17, 15) is 19.2 Å². The Labute approximate surface area is 266 Å². The predicted molar refractivity (Wildman–Crippen MR) is 169 cm³/mol. The lowest BCUT2D eigenvalue weighted by atomic mass is 10.1. The zero-order chi connectivity index (χ0) is 34.2. The van der Waals surface area contributed by atoms with Crippen molar-refractivity contribution < 1.29 is 24.7 Å². The van der Waals surface area contributed by atoms with Gasteiger partial charge in [-0.3, -0.25) is 41.7 Å². The number of nitrogens with one attached hydrogen (secondary N) is 8. The summed E-state index contributed by atoms with van der Waals surface area (Å²) in [6.07, 6.45) is 0. The second-order valence-electron chi connectivity index (χ2n) is 10.6. The average Bonchev–Trinajstić information content (AvgIpc) is 2.81. The Morgan fingerprint density at radius 1 is 0.578 bits per heavy atom. The predicted octanol–water partition coefficient (Wildman–Crippen LogP) is -0.711. The summed E-state index contributed by atoms with van der Waals surface area (Å²) in [7, 11) is 0. The molecule has 21 nitrogen and oxygen atoms in total. The van der Waals surface area contributed by atoms with E-state index in [4.69, 9.17) is 57.0 Å². The van der Waals surface area contributed by atoms with Gasteiger partial charge in [-0.1, -0.05) is 23.2 Å². The molecule has 2 heterocycles. The smallest absolute Gasteiger partial charge is 0.321 e. The fourth-order valence-corrected chi connectivity index (χ4v) is 2.85. The van der Waals surface area contributed by atoms with Crippen molar-refractivity contribution in [1.29, 1.82) is 10.8 Å². The Bertz CT molecular complexity index is 1360. The van der Waals surface area contributed by atoms with Gasteiger partial charge in [0.2, 0.25) is 11.9 Å². The maximum atomic E-state index is 11.9. The Balaban J connectivity index is 0.000000842. The van der Waals surface area contributed by atoms with Crippen LogP contribution in [0.4, 0.5) is 32.9 Å². The van der Waals surface area contributed by atoms with E-state index in [1.165, 1.54) is 0 Å². The first kappa shape index (κ1) is 39.7. The number of hydrogen-bond acceptors (Lipinski definition) is 14. The molecular formula is C22H36Cl2N16O5. The molecule has 45 heavy (non-hydrogen) atoms. The topological polar surface area (TPSA) is 375 Å². The number of guanidine groups is 2. The molecule has 0 atom stereocenters. The second-order valence-corrected chi connectivity index (χ2v) is 11.3. The lowest BCUT2D eigenvalue weighted by Crippen LogP contribution is -2.52. The molecule has 0 aliphatic heterocycles. The lowest BCUT2D eigenvalue weighted by Gasteiger charge is -2.20. The summed E-state index contributed by atoms with van der Waals surface area (Å²) in [6, 6.07) is -1.29. The van der Waals surface area contributed by atoms with Gasteiger partial charge >= 0.3 is 12.1 Å². The number of amides is 6. The Morgan fingerprint density at radius 3 is 1.13 bits per heavy atom. The molecule has 0 aromatic carbocycles. The number of urea groups is 2. The fourth-order valence-electron chi connectivity index (χ4n) is 2.60. The molecule has 2 rings (SSSR count). The Hall–Kier alpha value is -5.28. The first-order valence-electron chi connectivity index (χ1n) is 12.1. The largest absolute Gasteiger partial charge is 0.412 e.